The average Bonchev–Trinajstić information content (AvgIpc) is 3.31. The number of nitrogens with zero attached hydrogens (tertiary/aromatic N) is 4. The molecule has 0 amide bonds. The molecule has 2 N–H and O–H groups in total. The number of halogens is 1. The van der Waals surface area contributed by atoms with Crippen molar-refractivity contribution in [3.63, 3.8) is 0 Å². The third-order valence-electron chi connectivity index (χ3n) is 4.66. The van der Waals surface area contributed by atoms with Crippen LogP contribution in [-0.4, -0.2) is 43.3 Å². The van der Waals surface area contributed by atoms with E-state index in [1.165, 1.54) is 34.2 Å². The van der Waals surface area contributed by atoms with Crippen LogP contribution in [0.1, 0.15) is 11.8 Å². The molecule has 1 aliphatic heterocycles. The molecule has 2 aromatic heterocycles. The summed E-state index contributed by atoms with van der Waals surface area (Å²) >= 11 is 1.45. The number of guanidine groups is 1. The van der Waals surface area contributed by atoms with Crippen LogP contribution >= 0.6 is 11.3 Å². The van der Waals surface area contributed by atoms with E-state index in [1.54, 1.807) is 13.1 Å². The van der Waals surface area contributed by atoms with Crippen LogP contribution < -0.4 is 5.73 Å². The first-order valence-electron chi connectivity index (χ1n) is 8.29. The first-order valence-corrected chi connectivity index (χ1v) is 11.0. The van der Waals surface area contributed by atoms with E-state index < -0.39 is 21.1 Å². The molecular weight excluding hydrogens is 401 g/mol. The van der Waals surface area contributed by atoms with E-state index in [1.807, 2.05) is 18.4 Å². The second-order valence-electron chi connectivity index (χ2n) is 6.83. The van der Waals surface area contributed by atoms with Gasteiger partial charge in [0.25, 0.3) is 0 Å². The molecular formula is C18H18FN5O2S2. The number of benzene rings is 1. The fourth-order valence-electron chi connectivity index (χ4n) is 3.14. The second-order valence-corrected chi connectivity index (χ2v) is 10.1. The Kier molecular flexibility index (Phi) is 4.27. The van der Waals surface area contributed by atoms with Gasteiger partial charge in [-0.25, -0.2) is 13.6 Å². The van der Waals surface area contributed by atoms with Crippen molar-refractivity contribution in [2.45, 2.75) is 12.5 Å². The maximum atomic E-state index is 14.2. The van der Waals surface area contributed by atoms with Crippen molar-refractivity contribution in [1.29, 1.82) is 0 Å². The minimum Gasteiger partial charge on any atom is -0.423 e. The molecule has 146 valence electrons. The molecule has 1 aromatic carbocycles. The lowest BCUT2D eigenvalue weighted by atomic mass is 10.00. The van der Waals surface area contributed by atoms with Crippen LogP contribution in [0.2, 0.25) is 0 Å². The van der Waals surface area contributed by atoms with Gasteiger partial charge in [-0.3, -0.25) is 4.31 Å². The van der Waals surface area contributed by atoms with Crippen molar-refractivity contribution in [2.75, 3.05) is 12.8 Å². The topological polar surface area (TPSA) is 97.6 Å². The lowest BCUT2D eigenvalue weighted by molar-refractivity contribution is 0.522. The molecule has 0 bridgehead atoms. The second kappa shape index (κ2) is 6.42. The van der Waals surface area contributed by atoms with Crippen molar-refractivity contribution < 1.29 is 13.0 Å². The van der Waals surface area contributed by atoms with Crippen LogP contribution in [0.25, 0.3) is 22.6 Å². The average molecular weight is 420 g/mol. The number of rotatable bonds is 3. The van der Waals surface area contributed by atoms with Crippen LogP contribution in [0.5, 0.6) is 0 Å². The van der Waals surface area contributed by atoms with Crippen LogP contribution in [0.3, 0.4) is 0 Å². The quantitative estimate of drug-likeness (QED) is 0.659. The van der Waals surface area contributed by atoms with Crippen molar-refractivity contribution >= 4 is 32.9 Å². The monoisotopic (exact) mass is 419 g/mol. The standard InChI is InChI=1S/C18H18FN5O2S2/c1-18(9-28(3,25)24(2)17(20)22-18)15-7-13(8-27-15)11-4-12(6-14(19)5-11)16-23-21-10-26-16/h4-8,10H,3,9H2,1-2H3,(H2,20,22)/t18-,28?/m0/s1. The molecule has 0 saturated carbocycles. The summed E-state index contributed by atoms with van der Waals surface area (Å²) in [6.07, 6.45) is 1.20. The van der Waals surface area contributed by atoms with E-state index in [2.05, 4.69) is 21.1 Å². The maximum absolute atomic E-state index is 14.2. The Labute approximate surface area is 165 Å². The number of hydrogen-bond donors (Lipinski definition) is 1. The predicted molar refractivity (Wildman–Crippen MR) is 110 cm³/mol. The molecule has 3 heterocycles. The summed E-state index contributed by atoms with van der Waals surface area (Å²) in [5, 5.41) is 9.36. The zero-order valence-corrected chi connectivity index (χ0v) is 16.9. The summed E-state index contributed by atoms with van der Waals surface area (Å²) in [5.41, 5.74) is 7.17. The summed E-state index contributed by atoms with van der Waals surface area (Å²) in [7, 11) is -0.944. The summed E-state index contributed by atoms with van der Waals surface area (Å²) in [5.74, 6) is 4.09. The largest absolute Gasteiger partial charge is 0.423 e. The van der Waals surface area contributed by atoms with Crippen molar-refractivity contribution in [3.05, 3.63) is 46.7 Å². The minimum absolute atomic E-state index is 0.188. The van der Waals surface area contributed by atoms with Gasteiger partial charge in [0.05, 0.1) is 15.5 Å². The lowest BCUT2D eigenvalue weighted by Gasteiger charge is -2.36. The van der Waals surface area contributed by atoms with Gasteiger partial charge in [-0.15, -0.1) is 21.5 Å². The number of hydrogen-bond acceptors (Lipinski definition) is 7. The number of aromatic nitrogens is 2. The molecule has 0 fully saturated rings. The van der Waals surface area contributed by atoms with Crippen molar-refractivity contribution in [2.24, 2.45) is 10.7 Å². The molecule has 0 spiro atoms. The Morgan fingerprint density at radius 2 is 2.07 bits per heavy atom. The van der Waals surface area contributed by atoms with Crippen molar-refractivity contribution in [3.8, 4) is 22.6 Å². The molecule has 4 rings (SSSR count). The highest BCUT2D eigenvalue weighted by Crippen LogP contribution is 2.38. The minimum atomic E-state index is -2.57. The van der Waals surface area contributed by atoms with E-state index in [-0.39, 0.29) is 17.6 Å². The molecule has 1 aliphatic rings. The Morgan fingerprint density at radius 1 is 1.32 bits per heavy atom. The molecule has 3 aromatic rings. The van der Waals surface area contributed by atoms with Gasteiger partial charge in [0.2, 0.25) is 18.2 Å². The fourth-order valence-corrected chi connectivity index (χ4v) is 5.93. The van der Waals surface area contributed by atoms with Gasteiger partial charge in [-0.2, -0.15) is 0 Å². The van der Waals surface area contributed by atoms with Gasteiger partial charge in [-0.05, 0) is 53.6 Å². The number of aliphatic imine (C=N–C) groups is 1. The predicted octanol–water partition coefficient (Wildman–Crippen LogP) is 2.71. The molecule has 1 unspecified atom stereocenters. The van der Waals surface area contributed by atoms with Gasteiger partial charge in [0, 0.05) is 17.5 Å². The molecule has 10 heteroatoms. The van der Waals surface area contributed by atoms with Gasteiger partial charge in [0.15, 0.2) is 0 Å². The zero-order valence-electron chi connectivity index (χ0n) is 15.3. The van der Waals surface area contributed by atoms with E-state index in [9.17, 15) is 8.60 Å². The smallest absolute Gasteiger partial charge is 0.247 e. The number of nitrogens with two attached hydrogens (primary N) is 1. The maximum Gasteiger partial charge on any atom is 0.247 e. The fraction of sp³-hybridized carbons (Fsp3) is 0.222. The van der Waals surface area contributed by atoms with Crippen LogP contribution in [0.15, 0.2) is 45.4 Å². The van der Waals surface area contributed by atoms with Crippen LogP contribution in [0, 0.1) is 5.82 Å². The van der Waals surface area contributed by atoms with Gasteiger partial charge < -0.3 is 10.2 Å². The Morgan fingerprint density at radius 3 is 2.75 bits per heavy atom. The first-order chi connectivity index (χ1) is 13.2. The van der Waals surface area contributed by atoms with Gasteiger partial charge in [-0.1, -0.05) is 0 Å². The summed E-state index contributed by atoms with van der Waals surface area (Å²) in [6, 6.07) is 6.46. The van der Waals surface area contributed by atoms with Crippen molar-refractivity contribution in [1.82, 2.24) is 14.5 Å². The molecule has 7 nitrogen and oxygen atoms in total. The van der Waals surface area contributed by atoms with E-state index in [0.29, 0.717) is 11.1 Å². The zero-order chi connectivity index (χ0) is 20.1. The summed E-state index contributed by atoms with van der Waals surface area (Å²) in [4.78, 5) is 5.42. The van der Waals surface area contributed by atoms with Gasteiger partial charge >= 0.3 is 0 Å². The molecule has 0 aliphatic carbocycles. The summed E-state index contributed by atoms with van der Waals surface area (Å²) in [6.45, 7) is 1.88. The third-order valence-corrected chi connectivity index (χ3v) is 8.04. The Bertz CT molecular complexity index is 1170. The third kappa shape index (κ3) is 3.18. The normalized spacial score (nSPS) is 25.0. The van der Waals surface area contributed by atoms with Crippen LogP contribution in [0.4, 0.5) is 4.39 Å². The molecule has 0 radical (unpaired) electrons. The first kappa shape index (κ1) is 18.6. The highest BCUT2D eigenvalue weighted by Gasteiger charge is 2.38. The van der Waals surface area contributed by atoms with E-state index in [0.717, 1.165) is 10.4 Å². The lowest BCUT2D eigenvalue weighted by Crippen LogP contribution is -2.50. The van der Waals surface area contributed by atoms with Gasteiger partial charge in [0.1, 0.15) is 11.4 Å². The van der Waals surface area contributed by atoms with Crippen LogP contribution in [-0.2, 0) is 15.2 Å². The Hall–Kier alpha value is -2.72. The molecule has 2 atom stereocenters. The molecule has 28 heavy (non-hydrogen) atoms. The van der Waals surface area contributed by atoms with E-state index >= 15 is 0 Å². The highest BCUT2D eigenvalue weighted by molar-refractivity contribution is 7.98. The molecule has 0 saturated heterocycles. The SMILES string of the molecule is C=S1(=O)C[C@@](C)(c2cc(-c3cc(F)cc(-c4nnco4)c3)cs2)N=C(N)N1C. The highest BCUT2D eigenvalue weighted by atomic mass is 32.2. The summed E-state index contributed by atoms with van der Waals surface area (Å²) < 4.78 is 33.6. The van der Waals surface area contributed by atoms with E-state index in [4.69, 9.17) is 10.2 Å². The Balaban J connectivity index is 1.75. The number of thiophene rings is 1.